The molecule has 1 fully saturated rings. The van der Waals surface area contributed by atoms with Crippen molar-refractivity contribution in [3.63, 3.8) is 0 Å². The number of pyridine rings is 1. The number of hydrazine groups is 1. The molecule has 6 nitrogen and oxygen atoms in total. The van der Waals surface area contributed by atoms with Crippen molar-refractivity contribution >= 4 is 27.6 Å². The lowest BCUT2D eigenvalue weighted by atomic mass is 10.2. The summed E-state index contributed by atoms with van der Waals surface area (Å²) in [5.41, 5.74) is 2.29. The third-order valence-corrected chi connectivity index (χ3v) is 5.58. The van der Waals surface area contributed by atoms with E-state index >= 15 is 0 Å². The summed E-state index contributed by atoms with van der Waals surface area (Å²) in [4.78, 5) is 3.96. The Morgan fingerprint density at radius 1 is 1.56 bits per heavy atom. The van der Waals surface area contributed by atoms with E-state index in [2.05, 4.69) is 15.1 Å². The molecular formula is C10H16N4O2S2. The molecule has 100 valence electrons. The van der Waals surface area contributed by atoms with E-state index in [0.717, 1.165) is 18.6 Å². The zero-order valence-corrected chi connectivity index (χ0v) is 11.4. The van der Waals surface area contributed by atoms with Crippen LogP contribution < -0.4 is 16.0 Å². The van der Waals surface area contributed by atoms with E-state index in [4.69, 9.17) is 5.84 Å². The van der Waals surface area contributed by atoms with Crippen LogP contribution in [0.2, 0.25) is 0 Å². The second kappa shape index (κ2) is 5.87. The third kappa shape index (κ3) is 3.14. The largest absolute Gasteiger partial charge is 0.307 e. The quantitative estimate of drug-likeness (QED) is 0.540. The van der Waals surface area contributed by atoms with Gasteiger partial charge in [0, 0.05) is 18.0 Å². The molecule has 2 rings (SSSR count). The highest BCUT2D eigenvalue weighted by molar-refractivity contribution is 8.00. The van der Waals surface area contributed by atoms with Gasteiger partial charge in [0.05, 0.1) is 0 Å². The number of hydrogen-bond donors (Lipinski definition) is 3. The van der Waals surface area contributed by atoms with Gasteiger partial charge < -0.3 is 5.43 Å². The zero-order chi connectivity index (χ0) is 13.0. The number of nitrogens with one attached hydrogen (secondary N) is 2. The van der Waals surface area contributed by atoms with Gasteiger partial charge in [-0.1, -0.05) is 0 Å². The highest BCUT2D eigenvalue weighted by Gasteiger charge is 2.22. The topological polar surface area (TPSA) is 97.1 Å². The maximum atomic E-state index is 12.1. The average molecular weight is 288 g/mol. The summed E-state index contributed by atoms with van der Waals surface area (Å²) in [7, 11) is -3.56. The monoisotopic (exact) mass is 288 g/mol. The molecule has 1 aromatic heterocycles. The van der Waals surface area contributed by atoms with Gasteiger partial charge in [0.15, 0.2) is 5.82 Å². The van der Waals surface area contributed by atoms with Crippen LogP contribution in [0.1, 0.15) is 12.8 Å². The molecule has 4 N–H and O–H groups in total. The van der Waals surface area contributed by atoms with Crippen LogP contribution in [-0.4, -0.2) is 30.9 Å². The second-order valence-corrected chi connectivity index (χ2v) is 7.13. The van der Waals surface area contributed by atoms with Crippen molar-refractivity contribution < 1.29 is 8.42 Å². The van der Waals surface area contributed by atoms with E-state index in [1.807, 2.05) is 0 Å². The minimum absolute atomic E-state index is 0.0792. The van der Waals surface area contributed by atoms with Gasteiger partial charge in [-0.25, -0.2) is 24.0 Å². The molecule has 0 aromatic carbocycles. The van der Waals surface area contributed by atoms with Gasteiger partial charge in [-0.15, -0.1) is 0 Å². The normalized spacial score (nSPS) is 19.9. The van der Waals surface area contributed by atoms with Gasteiger partial charge in [-0.05, 0) is 30.7 Å². The molecule has 8 heteroatoms. The fourth-order valence-electron chi connectivity index (χ4n) is 1.80. The minimum Gasteiger partial charge on any atom is -0.307 e. The maximum Gasteiger partial charge on any atom is 0.244 e. The lowest BCUT2D eigenvalue weighted by Crippen LogP contribution is -2.31. The van der Waals surface area contributed by atoms with E-state index < -0.39 is 10.0 Å². The molecule has 1 unspecified atom stereocenters. The van der Waals surface area contributed by atoms with Crippen LogP contribution in [0.3, 0.4) is 0 Å². The van der Waals surface area contributed by atoms with Crippen molar-refractivity contribution in [3.8, 4) is 0 Å². The van der Waals surface area contributed by atoms with E-state index in [1.54, 1.807) is 17.8 Å². The Bertz CT molecular complexity index is 500. The Hall–Kier alpha value is -0.830. The first-order valence-corrected chi connectivity index (χ1v) is 8.19. The van der Waals surface area contributed by atoms with Crippen molar-refractivity contribution in [1.29, 1.82) is 0 Å². The number of rotatable bonds is 5. The number of hydrogen-bond acceptors (Lipinski definition) is 6. The first-order chi connectivity index (χ1) is 8.63. The Labute approximate surface area is 111 Å². The fraction of sp³-hybridized carbons (Fsp3) is 0.500. The molecule has 0 aliphatic carbocycles. The van der Waals surface area contributed by atoms with Crippen molar-refractivity contribution in [2.45, 2.75) is 23.0 Å². The summed E-state index contributed by atoms with van der Waals surface area (Å²) in [5.74, 6) is 6.52. The fourth-order valence-corrected chi connectivity index (χ4v) is 4.31. The Morgan fingerprint density at radius 2 is 2.39 bits per heavy atom. The van der Waals surface area contributed by atoms with E-state index in [-0.39, 0.29) is 10.7 Å². The summed E-state index contributed by atoms with van der Waals surface area (Å²) in [6.45, 7) is 0.450. The predicted molar refractivity (Wildman–Crippen MR) is 72.7 cm³/mol. The van der Waals surface area contributed by atoms with E-state index in [0.29, 0.717) is 11.8 Å². The third-order valence-electron chi connectivity index (χ3n) is 2.72. The van der Waals surface area contributed by atoms with Gasteiger partial charge in [-0.2, -0.15) is 11.8 Å². The van der Waals surface area contributed by atoms with Crippen molar-refractivity contribution in [2.75, 3.05) is 17.7 Å². The highest BCUT2D eigenvalue weighted by Crippen LogP contribution is 2.26. The SMILES string of the molecule is NNc1ncccc1S(=O)(=O)NCC1CCCS1. The maximum absolute atomic E-state index is 12.1. The molecule has 1 atom stereocenters. The molecule has 1 aromatic rings. The van der Waals surface area contributed by atoms with Gasteiger partial charge in [0.1, 0.15) is 4.90 Å². The van der Waals surface area contributed by atoms with Crippen molar-refractivity contribution in [3.05, 3.63) is 18.3 Å². The molecule has 18 heavy (non-hydrogen) atoms. The molecule has 1 saturated heterocycles. The number of aromatic nitrogens is 1. The average Bonchev–Trinajstić information content (AvgIpc) is 2.89. The van der Waals surface area contributed by atoms with Gasteiger partial charge >= 0.3 is 0 Å². The van der Waals surface area contributed by atoms with E-state index in [1.165, 1.54) is 12.3 Å². The van der Waals surface area contributed by atoms with E-state index in [9.17, 15) is 8.42 Å². The molecule has 0 saturated carbocycles. The Morgan fingerprint density at radius 3 is 3.06 bits per heavy atom. The lowest BCUT2D eigenvalue weighted by molar-refractivity contribution is 0.579. The van der Waals surface area contributed by atoms with Crippen LogP contribution in [0.25, 0.3) is 0 Å². The summed E-state index contributed by atoms with van der Waals surface area (Å²) in [5, 5.41) is 0.366. The Balaban J connectivity index is 2.09. The summed E-state index contributed by atoms with van der Waals surface area (Å²) in [6.07, 6.45) is 3.70. The first kappa shape index (κ1) is 13.6. The van der Waals surface area contributed by atoms with Crippen LogP contribution >= 0.6 is 11.8 Å². The van der Waals surface area contributed by atoms with Gasteiger partial charge in [0.25, 0.3) is 0 Å². The molecule has 0 amide bonds. The molecule has 0 bridgehead atoms. The van der Waals surface area contributed by atoms with Gasteiger partial charge in [0.2, 0.25) is 10.0 Å². The van der Waals surface area contributed by atoms with Crippen LogP contribution in [-0.2, 0) is 10.0 Å². The van der Waals surface area contributed by atoms with Crippen molar-refractivity contribution in [1.82, 2.24) is 9.71 Å². The number of nitrogen functional groups attached to an aromatic ring is 1. The standard InChI is InChI=1S/C10H16N4O2S2/c11-14-10-9(4-1-5-12-10)18(15,16)13-7-8-3-2-6-17-8/h1,4-5,8,13H,2-3,6-7,11H2,(H,12,14). The van der Waals surface area contributed by atoms with Crippen LogP contribution in [0.5, 0.6) is 0 Å². The van der Waals surface area contributed by atoms with Gasteiger partial charge in [-0.3, -0.25) is 0 Å². The van der Waals surface area contributed by atoms with Crippen LogP contribution in [0.4, 0.5) is 5.82 Å². The summed E-state index contributed by atoms with van der Waals surface area (Å²) >= 11 is 1.81. The molecule has 1 aliphatic heterocycles. The highest BCUT2D eigenvalue weighted by atomic mass is 32.2. The smallest absolute Gasteiger partial charge is 0.244 e. The molecule has 0 spiro atoms. The molecule has 0 radical (unpaired) electrons. The molecular weight excluding hydrogens is 272 g/mol. The lowest BCUT2D eigenvalue weighted by Gasteiger charge is -2.12. The second-order valence-electron chi connectivity index (χ2n) is 3.98. The van der Waals surface area contributed by atoms with Crippen LogP contribution in [0.15, 0.2) is 23.2 Å². The van der Waals surface area contributed by atoms with Crippen LogP contribution in [0, 0.1) is 0 Å². The number of nitrogens with two attached hydrogens (primary N) is 1. The predicted octanol–water partition coefficient (Wildman–Crippen LogP) is 0.541. The minimum atomic E-state index is -3.56. The molecule has 2 heterocycles. The number of anilines is 1. The number of sulfonamides is 1. The first-order valence-electron chi connectivity index (χ1n) is 5.66. The summed E-state index contributed by atoms with van der Waals surface area (Å²) in [6, 6.07) is 3.05. The number of thioether (sulfide) groups is 1. The molecule has 1 aliphatic rings. The number of nitrogens with zero attached hydrogens (tertiary/aromatic N) is 1. The van der Waals surface area contributed by atoms with Crippen molar-refractivity contribution in [2.24, 2.45) is 5.84 Å². The Kier molecular flexibility index (Phi) is 4.44. The zero-order valence-electron chi connectivity index (χ0n) is 9.80. The summed E-state index contributed by atoms with van der Waals surface area (Å²) < 4.78 is 26.8.